The smallest absolute Gasteiger partial charge is 0.243 e. The lowest BCUT2D eigenvalue weighted by molar-refractivity contribution is -0.128. The van der Waals surface area contributed by atoms with Crippen molar-refractivity contribution in [2.45, 2.75) is 18.9 Å². The topological polar surface area (TPSA) is 114 Å². The summed E-state index contributed by atoms with van der Waals surface area (Å²) in [6.07, 6.45) is 4.14. The van der Waals surface area contributed by atoms with E-state index in [9.17, 15) is 9.59 Å². The minimum atomic E-state index is -0.782. The lowest BCUT2D eigenvalue weighted by atomic mass is 10.0. The van der Waals surface area contributed by atoms with Crippen molar-refractivity contribution in [1.29, 1.82) is 5.26 Å². The van der Waals surface area contributed by atoms with E-state index in [1.807, 2.05) is 67.0 Å². The number of nitriles is 1. The van der Waals surface area contributed by atoms with Crippen molar-refractivity contribution in [1.82, 2.24) is 20.6 Å². The number of hydrogen-bond donors (Lipinski definition) is 4. The maximum atomic E-state index is 12.8. The molecule has 0 aliphatic rings. The highest BCUT2D eigenvalue weighted by atomic mass is 16.2. The average Bonchev–Trinajstić information content (AvgIpc) is 3.36. The van der Waals surface area contributed by atoms with Crippen LogP contribution in [-0.2, 0) is 22.4 Å². The van der Waals surface area contributed by atoms with E-state index in [2.05, 4.69) is 20.6 Å². The Morgan fingerprint density at radius 1 is 0.933 bits per heavy atom. The first kappa shape index (κ1) is 19.3. The van der Waals surface area contributed by atoms with E-state index in [4.69, 9.17) is 5.26 Å². The molecule has 2 aromatic carbocycles. The van der Waals surface area contributed by atoms with Gasteiger partial charge in [-0.2, -0.15) is 5.26 Å². The molecule has 0 radical (unpaired) electrons. The molecule has 2 heterocycles. The van der Waals surface area contributed by atoms with Crippen LogP contribution in [0.15, 0.2) is 60.9 Å². The number of para-hydroxylation sites is 2. The molecule has 0 spiro atoms. The fraction of sp³-hybridized carbons (Fsp3) is 0.174. The third-order valence-electron chi connectivity index (χ3n) is 5.12. The van der Waals surface area contributed by atoms with E-state index in [1.54, 1.807) is 0 Å². The molecule has 1 unspecified atom stereocenters. The zero-order valence-corrected chi connectivity index (χ0v) is 16.2. The highest BCUT2D eigenvalue weighted by Crippen LogP contribution is 2.20. The summed E-state index contributed by atoms with van der Waals surface area (Å²) in [6.45, 7) is -0.110. The first-order valence-electron chi connectivity index (χ1n) is 9.69. The number of H-pyrrole nitrogens is 2. The summed E-state index contributed by atoms with van der Waals surface area (Å²) in [7, 11) is 0. The fourth-order valence-corrected chi connectivity index (χ4v) is 3.68. The standard InChI is InChI=1S/C23H21N5O2/c24-9-10-25-23(30)21(11-15-13-26-19-7-3-1-5-17(15)19)28-22(29)12-16-14-27-20-8-4-2-6-18(16)20/h1-8,13-14,21,26-27H,10-12H2,(H,25,30)(H,28,29). The molecule has 4 N–H and O–H groups in total. The van der Waals surface area contributed by atoms with Gasteiger partial charge in [0, 0.05) is 40.6 Å². The molecule has 0 bridgehead atoms. The highest BCUT2D eigenvalue weighted by molar-refractivity contribution is 5.92. The van der Waals surface area contributed by atoms with E-state index in [-0.39, 0.29) is 24.8 Å². The zero-order chi connectivity index (χ0) is 20.9. The molecule has 7 nitrogen and oxygen atoms in total. The second-order valence-electron chi connectivity index (χ2n) is 7.10. The second kappa shape index (κ2) is 8.53. The van der Waals surface area contributed by atoms with Gasteiger partial charge in [-0.3, -0.25) is 9.59 Å². The molecule has 150 valence electrons. The van der Waals surface area contributed by atoms with Gasteiger partial charge in [0.2, 0.25) is 11.8 Å². The van der Waals surface area contributed by atoms with Crippen molar-refractivity contribution in [3.05, 3.63) is 72.1 Å². The van der Waals surface area contributed by atoms with Crippen LogP contribution in [0, 0.1) is 11.3 Å². The van der Waals surface area contributed by atoms with Crippen molar-refractivity contribution in [3.8, 4) is 6.07 Å². The van der Waals surface area contributed by atoms with E-state index in [0.717, 1.165) is 32.9 Å². The van der Waals surface area contributed by atoms with E-state index >= 15 is 0 Å². The van der Waals surface area contributed by atoms with Crippen LogP contribution < -0.4 is 10.6 Å². The highest BCUT2D eigenvalue weighted by Gasteiger charge is 2.23. The number of carbonyl (C=O) groups excluding carboxylic acids is 2. The summed E-state index contributed by atoms with van der Waals surface area (Å²) in [5, 5.41) is 16.2. The number of nitrogens with zero attached hydrogens (tertiary/aromatic N) is 1. The van der Waals surface area contributed by atoms with E-state index in [1.165, 1.54) is 0 Å². The van der Waals surface area contributed by atoms with Gasteiger partial charge >= 0.3 is 0 Å². The van der Waals surface area contributed by atoms with Gasteiger partial charge in [0.1, 0.15) is 12.6 Å². The molecule has 2 amide bonds. The van der Waals surface area contributed by atoms with Crippen LogP contribution in [0.4, 0.5) is 0 Å². The SMILES string of the molecule is N#CCNC(=O)C(Cc1c[nH]c2ccccc12)NC(=O)Cc1c[nH]c2ccccc12. The molecule has 4 rings (SSSR count). The molecule has 7 heteroatoms. The number of fused-ring (bicyclic) bond motifs is 2. The Kier molecular flexibility index (Phi) is 5.48. The maximum absolute atomic E-state index is 12.8. The van der Waals surface area contributed by atoms with Crippen molar-refractivity contribution >= 4 is 33.6 Å². The Bertz CT molecular complexity index is 1250. The van der Waals surface area contributed by atoms with Gasteiger partial charge in [-0.05, 0) is 23.3 Å². The van der Waals surface area contributed by atoms with Crippen molar-refractivity contribution in [2.75, 3.05) is 6.54 Å². The van der Waals surface area contributed by atoms with Crippen LogP contribution in [0.2, 0.25) is 0 Å². The Labute approximate surface area is 173 Å². The van der Waals surface area contributed by atoms with E-state index < -0.39 is 6.04 Å². The van der Waals surface area contributed by atoms with Gasteiger partial charge in [0.05, 0.1) is 12.5 Å². The number of rotatable bonds is 7. The van der Waals surface area contributed by atoms with Crippen LogP contribution >= 0.6 is 0 Å². The summed E-state index contributed by atoms with van der Waals surface area (Å²) in [5.41, 5.74) is 3.72. The lowest BCUT2D eigenvalue weighted by Gasteiger charge is -2.17. The second-order valence-corrected chi connectivity index (χ2v) is 7.10. The van der Waals surface area contributed by atoms with Crippen LogP contribution in [0.3, 0.4) is 0 Å². The molecule has 0 aliphatic heterocycles. The van der Waals surface area contributed by atoms with Crippen LogP contribution in [-0.4, -0.2) is 34.4 Å². The van der Waals surface area contributed by atoms with Crippen LogP contribution in [0.25, 0.3) is 21.8 Å². The molecular weight excluding hydrogens is 378 g/mol. The molecule has 0 saturated carbocycles. The summed E-state index contributed by atoms with van der Waals surface area (Å²) < 4.78 is 0. The Morgan fingerprint density at radius 3 is 2.20 bits per heavy atom. The van der Waals surface area contributed by atoms with Gasteiger partial charge in [0.15, 0.2) is 0 Å². The summed E-state index contributed by atoms with van der Waals surface area (Å²) in [6, 6.07) is 16.7. The minimum absolute atomic E-state index is 0.110. The summed E-state index contributed by atoms with van der Waals surface area (Å²) in [5.74, 6) is -0.634. The Morgan fingerprint density at radius 2 is 1.53 bits per heavy atom. The Balaban J connectivity index is 1.52. The third-order valence-corrected chi connectivity index (χ3v) is 5.12. The monoisotopic (exact) mass is 399 g/mol. The number of nitrogens with one attached hydrogen (secondary N) is 4. The van der Waals surface area contributed by atoms with Gasteiger partial charge in [-0.25, -0.2) is 0 Å². The third kappa shape index (κ3) is 4.03. The molecule has 0 aliphatic carbocycles. The molecule has 0 fully saturated rings. The number of aromatic amines is 2. The number of carbonyl (C=O) groups is 2. The quantitative estimate of drug-likeness (QED) is 0.358. The summed E-state index contributed by atoms with van der Waals surface area (Å²) >= 11 is 0. The maximum Gasteiger partial charge on any atom is 0.243 e. The minimum Gasteiger partial charge on any atom is -0.361 e. The largest absolute Gasteiger partial charge is 0.361 e. The first-order valence-corrected chi connectivity index (χ1v) is 9.69. The molecule has 4 aromatic rings. The first-order chi connectivity index (χ1) is 14.7. The molecular formula is C23H21N5O2. The predicted octanol–water partition coefficient (Wildman–Crippen LogP) is 2.56. The van der Waals surface area contributed by atoms with Gasteiger partial charge < -0.3 is 20.6 Å². The molecule has 1 atom stereocenters. The molecule has 0 saturated heterocycles. The van der Waals surface area contributed by atoms with Crippen molar-refractivity contribution < 1.29 is 9.59 Å². The number of aromatic nitrogens is 2. The van der Waals surface area contributed by atoms with Crippen LogP contribution in [0.1, 0.15) is 11.1 Å². The average molecular weight is 399 g/mol. The Hall–Kier alpha value is -4.05. The van der Waals surface area contributed by atoms with E-state index in [0.29, 0.717) is 6.42 Å². The zero-order valence-electron chi connectivity index (χ0n) is 16.2. The van der Waals surface area contributed by atoms with Crippen molar-refractivity contribution in [3.63, 3.8) is 0 Å². The van der Waals surface area contributed by atoms with Gasteiger partial charge in [-0.15, -0.1) is 0 Å². The van der Waals surface area contributed by atoms with Gasteiger partial charge in [0.25, 0.3) is 0 Å². The number of benzene rings is 2. The number of amides is 2. The summed E-state index contributed by atoms with van der Waals surface area (Å²) in [4.78, 5) is 31.7. The molecule has 2 aromatic heterocycles. The van der Waals surface area contributed by atoms with Crippen molar-refractivity contribution in [2.24, 2.45) is 0 Å². The predicted molar refractivity (Wildman–Crippen MR) is 115 cm³/mol. The van der Waals surface area contributed by atoms with Gasteiger partial charge in [-0.1, -0.05) is 36.4 Å². The van der Waals surface area contributed by atoms with Crippen LogP contribution in [0.5, 0.6) is 0 Å². The fourth-order valence-electron chi connectivity index (χ4n) is 3.68. The number of hydrogen-bond acceptors (Lipinski definition) is 3. The normalized spacial score (nSPS) is 11.8. The molecule has 30 heavy (non-hydrogen) atoms. The lowest BCUT2D eigenvalue weighted by Crippen LogP contribution is -2.48.